The molecule has 1 amide bonds. The van der Waals surface area contributed by atoms with Gasteiger partial charge in [0.25, 0.3) is 5.91 Å². The number of hydrogen-bond acceptors (Lipinski definition) is 3. The number of nitrogens with zero attached hydrogens (tertiary/aromatic N) is 1. The smallest absolute Gasteiger partial charge is 0.328 e. The molecule has 0 aliphatic heterocycles. The zero-order valence-corrected chi connectivity index (χ0v) is 15.4. The Morgan fingerprint density at radius 1 is 1.13 bits per heavy atom. The van der Waals surface area contributed by atoms with Crippen molar-refractivity contribution < 1.29 is 14.3 Å². The van der Waals surface area contributed by atoms with Crippen LogP contribution in [0.4, 0.5) is 0 Å². The van der Waals surface area contributed by atoms with Gasteiger partial charge >= 0.3 is 5.97 Å². The fraction of sp³-hybridized carbons (Fsp3) is 0.579. The van der Waals surface area contributed by atoms with Gasteiger partial charge in [-0.1, -0.05) is 45.9 Å². The molecule has 1 aromatic carbocycles. The van der Waals surface area contributed by atoms with Gasteiger partial charge in [0.2, 0.25) is 0 Å². The summed E-state index contributed by atoms with van der Waals surface area (Å²) in [4.78, 5) is 26.5. The van der Waals surface area contributed by atoms with Crippen molar-refractivity contribution in [2.45, 2.75) is 60.4 Å². The molecule has 0 aromatic heterocycles. The fourth-order valence-electron chi connectivity index (χ4n) is 2.36. The molecule has 0 saturated heterocycles. The summed E-state index contributed by atoms with van der Waals surface area (Å²) in [7, 11) is 0. The largest absolute Gasteiger partial charge is 0.464 e. The molecule has 0 spiro atoms. The highest BCUT2D eigenvalue weighted by Gasteiger charge is 2.30. The molecule has 1 rings (SSSR count). The van der Waals surface area contributed by atoms with Crippen LogP contribution in [0.2, 0.25) is 0 Å². The Morgan fingerprint density at radius 2 is 1.74 bits per heavy atom. The van der Waals surface area contributed by atoms with Gasteiger partial charge in [-0.05, 0) is 38.3 Å². The fourth-order valence-corrected chi connectivity index (χ4v) is 2.36. The van der Waals surface area contributed by atoms with E-state index in [1.807, 2.05) is 52.8 Å². The molecular formula is C19H31NO3. The normalized spacial score (nSPS) is 11.0. The van der Waals surface area contributed by atoms with Crippen LogP contribution in [-0.2, 0) is 9.53 Å². The second-order valence-corrected chi connectivity index (χ2v) is 4.99. The van der Waals surface area contributed by atoms with E-state index in [0.29, 0.717) is 25.1 Å². The van der Waals surface area contributed by atoms with Crippen molar-refractivity contribution >= 4 is 11.9 Å². The Morgan fingerprint density at radius 3 is 2.22 bits per heavy atom. The van der Waals surface area contributed by atoms with E-state index in [1.165, 1.54) is 0 Å². The van der Waals surface area contributed by atoms with Crippen LogP contribution in [0.3, 0.4) is 0 Å². The summed E-state index contributed by atoms with van der Waals surface area (Å²) in [5.41, 5.74) is 1.57. The minimum atomic E-state index is -0.517. The van der Waals surface area contributed by atoms with Crippen LogP contribution in [0.5, 0.6) is 0 Å². The van der Waals surface area contributed by atoms with Crippen LogP contribution in [-0.4, -0.2) is 36.0 Å². The Kier molecular flexibility index (Phi) is 10.8. The van der Waals surface area contributed by atoms with E-state index in [4.69, 9.17) is 4.74 Å². The molecule has 23 heavy (non-hydrogen) atoms. The Balaban J connectivity index is 0.00000232. The first-order valence-electron chi connectivity index (χ1n) is 8.59. The number of benzene rings is 1. The van der Waals surface area contributed by atoms with E-state index in [2.05, 4.69) is 0 Å². The van der Waals surface area contributed by atoms with Crippen molar-refractivity contribution in [3.63, 3.8) is 0 Å². The molecule has 1 atom stereocenters. The molecule has 0 saturated carbocycles. The molecule has 1 aromatic rings. The second kappa shape index (κ2) is 11.7. The van der Waals surface area contributed by atoms with Gasteiger partial charge in [-0.3, -0.25) is 4.79 Å². The summed E-state index contributed by atoms with van der Waals surface area (Å²) >= 11 is 0. The predicted molar refractivity (Wildman–Crippen MR) is 94.6 cm³/mol. The molecule has 4 nitrogen and oxygen atoms in total. The molecular weight excluding hydrogens is 290 g/mol. The number of carbonyl (C=O) groups excluding carboxylic acids is 2. The number of carbonyl (C=O) groups is 2. The van der Waals surface area contributed by atoms with Crippen molar-refractivity contribution in [1.29, 1.82) is 0 Å². The third-order valence-corrected chi connectivity index (χ3v) is 3.42. The summed E-state index contributed by atoms with van der Waals surface area (Å²) in [6.07, 6.45) is 1.35. The lowest BCUT2D eigenvalue weighted by atomic mass is 10.1. The van der Waals surface area contributed by atoms with Crippen molar-refractivity contribution in [2.75, 3.05) is 13.2 Å². The minimum absolute atomic E-state index is 0.102. The second-order valence-electron chi connectivity index (χ2n) is 4.99. The van der Waals surface area contributed by atoms with Gasteiger partial charge < -0.3 is 9.64 Å². The van der Waals surface area contributed by atoms with Crippen molar-refractivity contribution in [3.8, 4) is 0 Å². The van der Waals surface area contributed by atoms with E-state index in [1.54, 1.807) is 17.9 Å². The first-order chi connectivity index (χ1) is 11.1. The first kappa shape index (κ1) is 21.2. The van der Waals surface area contributed by atoms with E-state index in [0.717, 1.165) is 12.0 Å². The maximum absolute atomic E-state index is 12.8. The molecule has 0 fully saturated rings. The minimum Gasteiger partial charge on any atom is -0.464 e. The highest BCUT2D eigenvalue weighted by Crippen LogP contribution is 2.16. The molecule has 0 bridgehead atoms. The zero-order valence-electron chi connectivity index (χ0n) is 15.4. The topological polar surface area (TPSA) is 46.6 Å². The average Bonchev–Trinajstić information content (AvgIpc) is 2.56. The monoisotopic (exact) mass is 321 g/mol. The number of amides is 1. The average molecular weight is 321 g/mol. The molecule has 0 aliphatic rings. The standard InChI is InChI=1S/C17H25NO3.C2H6/c1-5-12-18(15(6-2)17(20)21-7-3)16(19)14-11-9-8-10-13(14)4;1-2/h8-11,15H,5-7,12H2,1-4H3;1-2H3. The summed E-state index contributed by atoms with van der Waals surface area (Å²) in [6, 6.07) is 6.94. The van der Waals surface area contributed by atoms with E-state index < -0.39 is 6.04 Å². The van der Waals surface area contributed by atoms with Gasteiger partial charge in [0.05, 0.1) is 6.61 Å². The van der Waals surface area contributed by atoms with E-state index in [9.17, 15) is 9.59 Å². The van der Waals surface area contributed by atoms with Gasteiger partial charge in [0, 0.05) is 12.1 Å². The van der Waals surface area contributed by atoms with Gasteiger partial charge in [-0.15, -0.1) is 0 Å². The lowest BCUT2D eigenvalue weighted by molar-refractivity contribution is -0.148. The van der Waals surface area contributed by atoms with Crippen molar-refractivity contribution in [1.82, 2.24) is 4.90 Å². The van der Waals surface area contributed by atoms with E-state index in [-0.39, 0.29) is 11.9 Å². The first-order valence-corrected chi connectivity index (χ1v) is 8.59. The Bertz CT molecular complexity index is 485. The third-order valence-electron chi connectivity index (χ3n) is 3.42. The van der Waals surface area contributed by atoms with Crippen molar-refractivity contribution in [3.05, 3.63) is 35.4 Å². The summed E-state index contributed by atoms with van der Waals surface area (Å²) in [5.74, 6) is -0.426. The SMILES string of the molecule is CC.CCCN(C(=O)c1ccccc1C)C(CC)C(=O)OCC. The highest BCUT2D eigenvalue weighted by atomic mass is 16.5. The summed E-state index contributed by atoms with van der Waals surface area (Å²) < 4.78 is 5.11. The Labute approximate surface area is 140 Å². The molecule has 0 radical (unpaired) electrons. The number of rotatable bonds is 7. The highest BCUT2D eigenvalue weighted by molar-refractivity contribution is 5.98. The molecule has 4 heteroatoms. The summed E-state index contributed by atoms with van der Waals surface area (Å²) in [6.45, 7) is 12.4. The molecule has 0 N–H and O–H groups in total. The Hall–Kier alpha value is -1.84. The number of ether oxygens (including phenoxy) is 1. The lowest BCUT2D eigenvalue weighted by Gasteiger charge is -2.29. The van der Waals surface area contributed by atoms with Gasteiger partial charge in [0.15, 0.2) is 0 Å². The van der Waals surface area contributed by atoms with Gasteiger partial charge in [-0.2, -0.15) is 0 Å². The zero-order chi connectivity index (χ0) is 17.8. The maximum Gasteiger partial charge on any atom is 0.328 e. The number of hydrogen-bond donors (Lipinski definition) is 0. The predicted octanol–water partition coefficient (Wildman–Crippen LogP) is 4.22. The van der Waals surface area contributed by atoms with Crippen LogP contribution in [0.15, 0.2) is 24.3 Å². The van der Waals surface area contributed by atoms with Crippen LogP contribution in [0.25, 0.3) is 0 Å². The van der Waals surface area contributed by atoms with E-state index >= 15 is 0 Å². The molecule has 1 unspecified atom stereocenters. The van der Waals surface area contributed by atoms with Crippen LogP contribution in [0.1, 0.15) is 63.4 Å². The summed E-state index contributed by atoms with van der Waals surface area (Å²) in [5, 5.41) is 0. The molecule has 0 heterocycles. The molecule has 0 aliphatic carbocycles. The molecule has 130 valence electrons. The van der Waals surface area contributed by atoms with Gasteiger partial charge in [-0.25, -0.2) is 4.79 Å². The lowest BCUT2D eigenvalue weighted by Crippen LogP contribution is -2.46. The quantitative estimate of drug-likeness (QED) is 0.707. The maximum atomic E-state index is 12.8. The van der Waals surface area contributed by atoms with Crippen LogP contribution >= 0.6 is 0 Å². The number of esters is 1. The van der Waals surface area contributed by atoms with Crippen LogP contribution < -0.4 is 0 Å². The third kappa shape index (κ3) is 6.05. The number of aryl methyl sites for hydroxylation is 1. The van der Waals surface area contributed by atoms with Crippen LogP contribution in [0, 0.1) is 6.92 Å². The van der Waals surface area contributed by atoms with Gasteiger partial charge in [0.1, 0.15) is 6.04 Å². The van der Waals surface area contributed by atoms with Crippen molar-refractivity contribution in [2.24, 2.45) is 0 Å².